The quantitative estimate of drug-likeness (QED) is 0.393. The van der Waals surface area contributed by atoms with Crippen LogP contribution < -0.4 is 15.4 Å². The van der Waals surface area contributed by atoms with Crippen LogP contribution >= 0.6 is 0 Å². The SMILES string of the molecule is COc1ccc(NC(=O)CCNC(=O)c2ccc([N+](=O)[O-])cc2)cc1S(=O)(=O)N1CCOCC1. The van der Waals surface area contributed by atoms with Crippen LogP contribution in [-0.4, -0.2) is 69.4 Å². The summed E-state index contributed by atoms with van der Waals surface area (Å²) in [5.74, 6) is -0.769. The number of benzene rings is 2. The number of hydrogen-bond donors (Lipinski definition) is 2. The number of ether oxygens (including phenoxy) is 2. The number of hydrogen-bond acceptors (Lipinski definition) is 8. The number of non-ortho nitro benzene ring substituents is 1. The Kier molecular flexibility index (Phi) is 8.15. The number of methoxy groups -OCH3 is 1. The van der Waals surface area contributed by atoms with Gasteiger partial charge in [-0.3, -0.25) is 19.7 Å². The van der Waals surface area contributed by atoms with Crippen molar-refractivity contribution in [3.8, 4) is 5.75 Å². The van der Waals surface area contributed by atoms with E-state index in [-0.39, 0.29) is 53.6 Å². The number of sulfonamides is 1. The first-order valence-electron chi connectivity index (χ1n) is 10.3. The van der Waals surface area contributed by atoms with Crippen molar-refractivity contribution in [2.75, 3.05) is 45.3 Å². The predicted octanol–water partition coefficient (Wildman–Crippen LogP) is 1.38. The van der Waals surface area contributed by atoms with E-state index >= 15 is 0 Å². The van der Waals surface area contributed by atoms with Crippen molar-refractivity contribution in [2.24, 2.45) is 0 Å². The molecule has 0 radical (unpaired) electrons. The molecule has 12 nitrogen and oxygen atoms in total. The highest BCUT2D eigenvalue weighted by Gasteiger charge is 2.29. The van der Waals surface area contributed by atoms with Gasteiger partial charge in [0.05, 0.1) is 25.2 Å². The van der Waals surface area contributed by atoms with Gasteiger partial charge in [0.2, 0.25) is 15.9 Å². The molecule has 0 spiro atoms. The van der Waals surface area contributed by atoms with E-state index in [4.69, 9.17) is 9.47 Å². The van der Waals surface area contributed by atoms with Crippen LogP contribution in [0.5, 0.6) is 5.75 Å². The van der Waals surface area contributed by atoms with Crippen LogP contribution in [0.3, 0.4) is 0 Å². The summed E-state index contributed by atoms with van der Waals surface area (Å²) >= 11 is 0. The third-order valence-corrected chi connectivity index (χ3v) is 6.93. The summed E-state index contributed by atoms with van der Waals surface area (Å²) in [7, 11) is -2.49. The number of nitrogens with one attached hydrogen (secondary N) is 2. The lowest BCUT2D eigenvalue weighted by Crippen LogP contribution is -2.40. The van der Waals surface area contributed by atoms with Gasteiger partial charge in [0.15, 0.2) is 0 Å². The molecule has 1 fully saturated rings. The van der Waals surface area contributed by atoms with E-state index in [9.17, 15) is 28.1 Å². The maximum absolute atomic E-state index is 13.0. The van der Waals surface area contributed by atoms with Crippen LogP contribution in [-0.2, 0) is 19.6 Å². The number of nitrogens with zero attached hydrogens (tertiary/aromatic N) is 2. The predicted molar refractivity (Wildman–Crippen MR) is 121 cm³/mol. The molecule has 2 amide bonds. The summed E-state index contributed by atoms with van der Waals surface area (Å²) in [5, 5.41) is 15.9. The Morgan fingerprint density at radius 3 is 2.44 bits per heavy atom. The molecule has 2 N–H and O–H groups in total. The molecule has 182 valence electrons. The standard InChI is InChI=1S/C21H24N4O8S/c1-32-18-7-4-16(14-19(18)34(30,31)24-10-12-33-13-11-24)23-20(26)8-9-22-21(27)15-2-5-17(6-3-15)25(28)29/h2-7,14H,8-13H2,1H3,(H,22,27)(H,23,26). The van der Waals surface area contributed by atoms with Gasteiger partial charge in [-0.15, -0.1) is 0 Å². The van der Waals surface area contributed by atoms with Crippen molar-refractivity contribution < 1.29 is 32.4 Å². The number of rotatable bonds is 9. The van der Waals surface area contributed by atoms with Gasteiger partial charge < -0.3 is 20.1 Å². The Hall–Kier alpha value is -3.55. The van der Waals surface area contributed by atoms with Crippen LogP contribution in [0.15, 0.2) is 47.4 Å². The zero-order chi connectivity index (χ0) is 24.7. The third kappa shape index (κ3) is 6.07. The highest BCUT2D eigenvalue weighted by Crippen LogP contribution is 2.30. The molecule has 0 aromatic heterocycles. The number of nitro groups is 1. The van der Waals surface area contributed by atoms with Crippen molar-refractivity contribution in [3.05, 3.63) is 58.1 Å². The molecule has 34 heavy (non-hydrogen) atoms. The largest absolute Gasteiger partial charge is 0.495 e. The van der Waals surface area contributed by atoms with E-state index in [0.29, 0.717) is 13.2 Å². The van der Waals surface area contributed by atoms with Gasteiger partial charge in [-0.25, -0.2) is 8.42 Å². The van der Waals surface area contributed by atoms with Gasteiger partial charge in [0.1, 0.15) is 10.6 Å². The smallest absolute Gasteiger partial charge is 0.269 e. The number of carbonyl (C=O) groups is 2. The fraction of sp³-hybridized carbons (Fsp3) is 0.333. The maximum Gasteiger partial charge on any atom is 0.269 e. The Balaban J connectivity index is 1.59. The molecule has 1 heterocycles. The van der Waals surface area contributed by atoms with E-state index in [1.807, 2.05) is 0 Å². The molecule has 0 aliphatic carbocycles. The molecule has 2 aromatic rings. The summed E-state index contributed by atoms with van der Waals surface area (Å²) in [6.45, 7) is 1.04. The van der Waals surface area contributed by atoms with Crippen LogP contribution in [0.4, 0.5) is 11.4 Å². The first-order chi connectivity index (χ1) is 16.2. The van der Waals surface area contributed by atoms with Gasteiger partial charge in [-0.1, -0.05) is 0 Å². The molecular weight excluding hydrogens is 468 g/mol. The van der Waals surface area contributed by atoms with Crippen molar-refractivity contribution in [1.82, 2.24) is 9.62 Å². The fourth-order valence-corrected chi connectivity index (χ4v) is 4.82. The van der Waals surface area contributed by atoms with Crippen molar-refractivity contribution in [3.63, 3.8) is 0 Å². The van der Waals surface area contributed by atoms with E-state index in [2.05, 4.69) is 10.6 Å². The number of carbonyl (C=O) groups excluding carboxylic acids is 2. The van der Waals surface area contributed by atoms with E-state index in [0.717, 1.165) is 0 Å². The molecule has 2 aromatic carbocycles. The van der Waals surface area contributed by atoms with Crippen LogP contribution in [0.25, 0.3) is 0 Å². The average molecular weight is 493 g/mol. The molecule has 0 saturated carbocycles. The second-order valence-corrected chi connectivity index (χ2v) is 9.15. The zero-order valence-corrected chi connectivity index (χ0v) is 19.2. The second kappa shape index (κ2) is 11.0. The van der Waals surface area contributed by atoms with Crippen molar-refractivity contribution >= 4 is 33.2 Å². The lowest BCUT2D eigenvalue weighted by atomic mass is 10.2. The second-order valence-electron chi connectivity index (χ2n) is 7.24. The summed E-state index contributed by atoms with van der Waals surface area (Å²) < 4.78 is 37.8. The topological polar surface area (TPSA) is 157 Å². The molecule has 3 rings (SSSR count). The van der Waals surface area contributed by atoms with Crippen LogP contribution in [0.1, 0.15) is 16.8 Å². The Morgan fingerprint density at radius 2 is 1.82 bits per heavy atom. The monoisotopic (exact) mass is 492 g/mol. The Morgan fingerprint density at radius 1 is 1.15 bits per heavy atom. The zero-order valence-electron chi connectivity index (χ0n) is 18.4. The van der Waals surface area contributed by atoms with E-state index in [1.54, 1.807) is 0 Å². The molecule has 1 saturated heterocycles. The van der Waals surface area contributed by atoms with Gasteiger partial charge in [0, 0.05) is 49.4 Å². The third-order valence-electron chi connectivity index (χ3n) is 5.01. The molecule has 13 heteroatoms. The summed E-state index contributed by atoms with van der Waals surface area (Å²) in [4.78, 5) is 34.5. The maximum atomic E-state index is 13.0. The van der Waals surface area contributed by atoms with Crippen molar-refractivity contribution in [2.45, 2.75) is 11.3 Å². The van der Waals surface area contributed by atoms with Gasteiger partial charge in [-0.2, -0.15) is 4.31 Å². The normalized spacial score (nSPS) is 14.3. The number of amides is 2. The summed E-state index contributed by atoms with van der Waals surface area (Å²) in [6.07, 6.45) is -0.0731. The Labute approximate surface area is 196 Å². The minimum atomic E-state index is -3.85. The molecule has 1 aliphatic heterocycles. The first-order valence-corrected chi connectivity index (χ1v) is 11.7. The van der Waals surface area contributed by atoms with Gasteiger partial charge in [0.25, 0.3) is 11.6 Å². The number of morpholine rings is 1. The van der Waals surface area contributed by atoms with Crippen LogP contribution in [0.2, 0.25) is 0 Å². The molecule has 1 aliphatic rings. The summed E-state index contributed by atoms with van der Waals surface area (Å²) in [5.41, 5.74) is 0.351. The van der Waals surface area contributed by atoms with E-state index < -0.39 is 26.8 Å². The van der Waals surface area contributed by atoms with Crippen molar-refractivity contribution in [1.29, 1.82) is 0 Å². The highest BCUT2D eigenvalue weighted by molar-refractivity contribution is 7.89. The fourth-order valence-electron chi connectivity index (χ4n) is 3.23. The molecule has 0 bridgehead atoms. The average Bonchev–Trinajstić information content (AvgIpc) is 2.84. The van der Waals surface area contributed by atoms with Gasteiger partial charge >= 0.3 is 0 Å². The lowest BCUT2D eigenvalue weighted by Gasteiger charge is -2.26. The number of anilines is 1. The molecular formula is C21H24N4O8S. The van der Waals surface area contributed by atoms with Gasteiger partial charge in [-0.05, 0) is 30.3 Å². The Bertz CT molecular complexity index is 1160. The summed E-state index contributed by atoms with van der Waals surface area (Å²) in [6, 6.07) is 9.38. The first kappa shape index (κ1) is 25.1. The highest BCUT2D eigenvalue weighted by atomic mass is 32.2. The minimum Gasteiger partial charge on any atom is -0.495 e. The number of nitro benzene ring substituents is 1. The van der Waals surface area contributed by atoms with Crippen LogP contribution in [0, 0.1) is 10.1 Å². The molecule has 0 unspecified atom stereocenters. The van der Waals surface area contributed by atoms with E-state index in [1.165, 1.54) is 53.9 Å². The lowest BCUT2D eigenvalue weighted by molar-refractivity contribution is -0.384. The molecule has 0 atom stereocenters. The minimum absolute atomic E-state index is 0.0107.